The van der Waals surface area contributed by atoms with E-state index in [9.17, 15) is 10.1 Å². The van der Waals surface area contributed by atoms with Gasteiger partial charge in [0.25, 0.3) is 5.91 Å². The van der Waals surface area contributed by atoms with Crippen LogP contribution >= 0.6 is 59.4 Å². The molecule has 31 heavy (non-hydrogen) atoms. The van der Waals surface area contributed by atoms with E-state index in [2.05, 4.69) is 53.1 Å². The van der Waals surface area contributed by atoms with Gasteiger partial charge in [-0.25, -0.2) is 0 Å². The fraction of sp³-hybridized carbons (Fsp3) is 0.0435. The van der Waals surface area contributed by atoms with E-state index in [-0.39, 0.29) is 5.57 Å². The van der Waals surface area contributed by atoms with Crippen LogP contribution in [0.3, 0.4) is 0 Å². The molecule has 1 amide bonds. The van der Waals surface area contributed by atoms with Crippen LogP contribution in [0.2, 0.25) is 5.02 Å². The van der Waals surface area contributed by atoms with Gasteiger partial charge in [-0.1, -0.05) is 45.7 Å². The second-order valence-electron chi connectivity index (χ2n) is 6.32. The molecule has 3 aromatic carbocycles. The van der Waals surface area contributed by atoms with E-state index in [0.717, 1.165) is 10.0 Å². The normalized spacial score (nSPS) is 11.0. The van der Waals surface area contributed by atoms with Gasteiger partial charge in [0.1, 0.15) is 24.0 Å². The molecule has 0 unspecified atom stereocenters. The van der Waals surface area contributed by atoms with Crippen molar-refractivity contribution in [2.45, 2.75) is 6.61 Å². The van der Waals surface area contributed by atoms with Crippen LogP contribution in [0.5, 0.6) is 5.75 Å². The first-order valence-corrected chi connectivity index (χ1v) is 11.7. The summed E-state index contributed by atoms with van der Waals surface area (Å²) >= 11 is 16.5. The van der Waals surface area contributed by atoms with E-state index in [1.807, 2.05) is 24.3 Å². The van der Waals surface area contributed by atoms with Crippen LogP contribution in [0.1, 0.15) is 11.1 Å². The molecule has 8 heteroatoms. The van der Waals surface area contributed by atoms with Crippen molar-refractivity contribution in [3.05, 3.63) is 95.8 Å². The summed E-state index contributed by atoms with van der Waals surface area (Å²) < 4.78 is 8.15. The lowest BCUT2D eigenvalue weighted by molar-refractivity contribution is -0.112. The number of nitriles is 1. The zero-order chi connectivity index (χ0) is 22.4. The van der Waals surface area contributed by atoms with E-state index in [0.29, 0.717) is 37.6 Å². The topological polar surface area (TPSA) is 62.1 Å². The number of nitrogens with zero attached hydrogens (tertiary/aromatic N) is 1. The maximum atomic E-state index is 12.5. The first-order chi connectivity index (χ1) is 14.9. The molecule has 3 rings (SSSR count). The predicted octanol–water partition coefficient (Wildman–Crippen LogP) is 7.75. The minimum absolute atomic E-state index is 0.0218. The smallest absolute Gasteiger partial charge is 0.266 e. The number of nitrogens with one attached hydrogen (secondary N) is 1. The van der Waals surface area contributed by atoms with Gasteiger partial charge >= 0.3 is 0 Å². The zero-order valence-corrected chi connectivity index (χ0v) is 21.3. The van der Waals surface area contributed by atoms with Crippen LogP contribution in [-0.2, 0) is 11.4 Å². The summed E-state index contributed by atoms with van der Waals surface area (Å²) in [7, 11) is 0. The highest BCUT2D eigenvalue weighted by molar-refractivity contribution is 9.11. The maximum Gasteiger partial charge on any atom is 0.266 e. The van der Waals surface area contributed by atoms with Gasteiger partial charge < -0.3 is 10.1 Å². The highest BCUT2D eigenvalue weighted by Gasteiger charge is 2.13. The van der Waals surface area contributed by atoms with Crippen molar-refractivity contribution in [2.24, 2.45) is 0 Å². The Balaban J connectivity index is 1.77. The Kier molecular flexibility index (Phi) is 8.33. The van der Waals surface area contributed by atoms with E-state index >= 15 is 0 Å². The van der Waals surface area contributed by atoms with Crippen LogP contribution in [-0.4, -0.2) is 5.91 Å². The number of carbonyl (C=O) groups is 1. The average molecular weight is 626 g/mol. The van der Waals surface area contributed by atoms with Gasteiger partial charge in [0, 0.05) is 20.7 Å². The minimum atomic E-state index is -0.490. The molecule has 0 fully saturated rings. The number of anilines is 1. The molecule has 0 aliphatic heterocycles. The van der Waals surface area contributed by atoms with Crippen LogP contribution in [0, 0.1) is 11.3 Å². The lowest BCUT2D eigenvalue weighted by Crippen LogP contribution is -2.13. The quantitative estimate of drug-likeness (QED) is 0.225. The third-order valence-electron chi connectivity index (χ3n) is 4.13. The Morgan fingerprint density at radius 3 is 2.32 bits per heavy atom. The predicted molar refractivity (Wildman–Crippen MR) is 134 cm³/mol. The second kappa shape index (κ2) is 11.0. The van der Waals surface area contributed by atoms with E-state index < -0.39 is 5.91 Å². The van der Waals surface area contributed by atoms with Crippen LogP contribution < -0.4 is 10.1 Å². The number of carbonyl (C=O) groups excluding carboxylic acids is 1. The average Bonchev–Trinajstić information content (AvgIpc) is 2.74. The lowest BCUT2D eigenvalue weighted by Gasteiger charge is -2.12. The van der Waals surface area contributed by atoms with Crippen molar-refractivity contribution >= 4 is 77.1 Å². The molecular formula is C23H14Br3ClN2O2. The van der Waals surface area contributed by atoms with Crippen LogP contribution in [0.15, 0.2) is 79.7 Å². The molecule has 0 atom stereocenters. The largest absolute Gasteiger partial charge is 0.486 e. The van der Waals surface area contributed by atoms with Crippen LogP contribution in [0.4, 0.5) is 5.69 Å². The Bertz CT molecular complexity index is 1170. The SMILES string of the molecule is N#C/C(=C/c1cc(Br)c(OCc2ccccc2Cl)c(Br)c1)C(=O)Nc1ccc(Br)cc1. The fourth-order valence-electron chi connectivity index (χ4n) is 2.61. The summed E-state index contributed by atoms with van der Waals surface area (Å²) in [5.74, 6) is 0.103. The Hall–Kier alpha value is -2.11. The summed E-state index contributed by atoms with van der Waals surface area (Å²) in [5, 5.41) is 12.8. The molecule has 3 aromatic rings. The van der Waals surface area contributed by atoms with Crippen LogP contribution in [0.25, 0.3) is 6.08 Å². The van der Waals surface area contributed by atoms with E-state index in [1.165, 1.54) is 6.08 Å². The first-order valence-electron chi connectivity index (χ1n) is 8.91. The summed E-state index contributed by atoms with van der Waals surface area (Å²) in [6.45, 7) is 0.297. The molecule has 0 spiro atoms. The zero-order valence-electron chi connectivity index (χ0n) is 15.8. The van der Waals surface area contributed by atoms with Crippen molar-refractivity contribution in [3.8, 4) is 11.8 Å². The van der Waals surface area contributed by atoms with Crippen molar-refractivity contribution in [1.82, 2.24) is 0 Å². The molecule has 0 aliphatic carbocycles. The van der Waals surface area contributed by atoms with Crippen molar-refractivity contribution in [1.29, 1.82) is 5.26 Å². The third kappa shape index (κ3) is 6.44. The van der Waals surface area contributed by atoms with Crippen molar-refractivity contribution < 1.29 is 9.53 Å². The highest BCUT2D eigenvalue weighted by Crippen LogP contribution is 2.36. The summed E-state index contributed by atoms with van der Waals surface area (Å²) in [4.78, 5) is 12.5. The molecule has 156 valence electrons. The fourth-order valence-corrected chi connectivity index (χ4v) is 4.52. The summed E-state index contributed by atoms with van der Waals surface area (Å²) in [6.07, 6.45) is 1.52. The molecule has 0 saturated heterocycles. The van der Waals surface area contributed by atoms with E-state index in [4.69, 9.17) is 16.3 Å². The van der Waals surface area contributed by atoms with Gasteiger partial charge in [-0.15, -0.1) is 0 Å². The third-order valence-corrected chi connectivity index (χ3v) is 6.20. The first kappa shape index (κ1) is 23.6. The van der Waals surface area contributed by atoms with Gasteiger partial charge in [-0.2, -0.15) is 5.26 Å². The number of hydrogen-bond acceptors (Lipinski definition) is 3. The second-order valence-corrected chi connectivity index (χ2v) is 9.36. The van der Waals surface area contributed by atoms with Gasteiger partial charge in [0.2, 0.25) is 0 Å². The van der Waals surface area contributed by atoms with Crippen molar-refractivity contribution in [2.75, 3.05) is 5.32 Å². The number of ether oxygens (including phenoxy) is 1. The molecule has 0 saturated carbocycles. The molecule has 0 bridgehead atoms. The summed E-state index contributed by atoms with van der Waals surface area (Å²) in [5.41, 5.74) is 2.10. The number of rotatable bonds is 6. The number of hydrogen-bond donors (Lipinski definition) is 1. The van der Waals surface area contributed by atoms with Gasteiger partial charge in [-0.05, 0) is 86.0 Å². The van der Waals surface area contributed by atoms with Gasteiger partial charge in [0.05, 0.1) is 8.95 Å². The molecule has 0 radical (unpaired) electrons. The van der Waals surface area contributed by atoms with Gasteiger partial charge in [0.15, 0.2) is 0 Å². The maximum absolute atomic E-state index is 12.5. The Morgan fingerprint density at radius 2 is 1.71 bits per heavy atom. The number of benzene rings is 3. The van der Waals surface area contributed by atoms with Crippen molar-refractivity contribution in [3.63, 3.8) is 0 Å². The van der Waals surface area contributed by atoms with E-state index in [1.54, 1.807) is 42.5 Å². The molecule has 0 heterocycles. The number of halogens is 4. The Morgan fingerprint density at radius 1 is 1.06 bits per heavy atom. The minimum Gasteiger partial charge on any atom is -0.486 e. The monoisotopic (exact) mass is 622 g/mol. The molecular weight excluding hydrogens is 611 g/mol. The lowest BCUT2D eigenvalue weighted by atomic mass is 10.1. The standard InChI is InChI=1S/C23H14Br3ClN2O2/c24-17-5-7-18(8-6-17)29-23(30)16(12-28)9-14-10-19(25)22(20(26)11-14)31-13-15-3-1-2-4-21(15)27/h1-11H,13H2,(H,29,30)/b16-9-. The molecule has 4 nitrogen and oxygen atoms in total. The summed E-state index contributed by atoms with van der Waals surface area (Å²) in [6, 6.07) is 20.1. The highest BCUT2D eigenvalue weighted by atomic mass is 79.9. The number of amides is 1. The Labute approximate surface area is 210 Å². The van der Waals surface area contributed by atoms with Gasteiger partial charge in [-0.3, -0.25) is 4.79 Å². The molecule has 0 aromatic heterocycles. The molecule has 1 N–H and O–H groups in total. The molecule has 0 aliphatic rings.